The molecule has 0 heterocycles. The Morgan fingerprint density at radius 3 is 2.39 bits per heavy atom. The van der Waals surface area contributed by atoms with E-state index in [-0.39, 0.29) is 12.8 Å². The largest absolute Gasteiger partial charge is 0.480 e. The minimum atomic E-state index is -1.25. The van der Waals surface area contributed by atoms with Crippen molar-refractivity contribution in [2.45, 2.75) is 38.3 Å². The van der Waals surface area contributed by atoms with E-state index in [1.54, 1.807) is 13.8 Å². The summed E-state index contributed by atoms with van der Waals surface area (Å²) in [6.45, 7) is 3.18. The number of carbonyl (C=O) groups excluding carboxylic acids is 2. The van der Waals surface area contributed by atoms with Crippen molar-refractivity contribution in [1.82, 2.24) is 10.6 Å². The minimum absolute atomic E-state index is 0.0748. The van der Waals surface area contributed by atoms with Gasteiger partial charge in [0.15, 0.2) is 0 Å². The first kappa shape index (κ1) is 15.8. The summed E-state index contributed by atoms with van der Waals surface area (Å²) in [6, 6.07) is -1.90. The zero-order chi connectivity index (χ0) is 14.3. The number of carboxylic acids is 1. The summed E-state index contributed by atoms with van der Waals surface area (Å²) in [4.78, 5) is 32.9. The highest BCUT2D eigenvalue weighted by atomic mass is 16.4. The monoisotopic (exact) mass is 255 g/mol. The van der Waals surface area contributed by atoms with Gasteiger partial charge in [0, 0.05) is 6.42 Å². The number of amides is 3. The Bertz CT molecular complexity index is 384. The molecule has 7 heteroatoms. The first-order chi connectivity index (χ1) is 8.18. The Hall–Kier alpha value is -2.23. The van der Waals surface area contributed by atoms with Crippen LogP contribution in [0.5, 0.6) is 0 Å². The Balaban J connectivity index is 4.43. The smallest absolute Gasteiger partial charge is 0.326 e. The molecule has 5 N–H and O–H groups in total. The topological polar surface area (TPSA) is 122 Å². The second-order valence-electron chi connectivity index (χ2n) is 4.26. The van der Waals surface area contributed by atoms with Gasteiger partial charge in [0.05, 0.1) is 5.54 Å². The van der Waals surface area contributed by atoms with Gasteiger partial charge in [-0.25, -0.2) is 9.59 Å². The number of urea groups is 1. The van der Waals surface area contributed by atoms with E-state index < -0.39 is 29.5 Å². The van der Waals surface area contributed by atoms with Gasteiger partial charge in [0.2, 0.25) is 5.91 Å². The number of nitrogens with one attached hydrogen (secondary N) is 2. The molecule has 0 aromatic heterocycles. The van der Waals surface area contributed by atoms with E-state index in [1.807, 2.05) is 0 Å². The lowest BCUT2D eigenvalue weighted by Gasteiger charge is -2.22. The third-order valence-corrected chi connectivity index (χ3v) is 2.07. The maximum absolute atomic E-state index is 11.5. The van der Waals surface area contributed by atoms with Crippen LogP contribution in [0.25, 0.3) is 0 Å². The fourth-order valence-corrected chi connectivity index (χ4v) is 1.06. The molecule has 0 spiro atoms. The summed E-state index contributed by atoms with van der Waals surface area (Å²) in [6.07, 6.45) is 4.97. The van der Waals surface area contributed by atoms with Gasteiger partial charge in [-0.15, -0.1) is 6.42 Å². The summed E-state index contributed by atoms with van der Waals surface area (Å²) in [5.41, 5.74) is 4.02. The van der Waals surface area contributed by atoms with Crippen LogP contribution in [-0.2, 0) is 9.59 Å². The second kappa shape index (κ2) is 6.49. The van der Waals surface area contributed by atoms with Gasteiger partial charge in [0.25, 0.3) is 0 Å². The van der Waals surface area contributed by atoms with E-state index in [2.05, 4.69) is 16.6 Å². The molecule has 100 valence electrons. The Labute approximate surface area is 105 Å². The number of carbonyl (C=O) groups is 3. The average molecular weight is 255 g/mol. The molecule has 0 bridgehead atoms. The van der Waals surface area contributed by atoms with Crippen LogP contribution < -0.4 is 16.4 Å². The molecule has 0 aliphatic carbocycles. The van der Waals surface area contributed by atoms with Crippen LogP contribution in [-0.4, -0.2) is 34.6 Å². The number of hydrogen-bond acceptors (Lipinski definition) is 3. The molecular formula is C11H17N3O4. The number of aliphatic carboxylic acids is 1. The Morgan fingerprint density at radius 2 is 2.00 bits per heavy atom. The van der Waals surface area contributed by atoms with Gasteiger partial charge in [-0.05, 0) is 20.3 Å². The summed E-state index contributed by atoms with van der Waals surface area (Å²) < 4.78 is 0. The Morgan fingerprint density at radius 1 is 1.44 bits per heavy atom. The lowest BCUT2D eigenvalue weighted by molar-refractivity contribution is -0.139. The lowest BCUT2D eigenvalue weighted by Crippen LogP contribution is -2.52. The molecule has 7 nitrogen and oxygen atoms in total. The van der Waals surface area contributed by atoms with Crippen LogP contribution in [0.3, 0.4) is 0 Å². The van der Waals surface area contributed by atoms with Gasteiger partial charge >= 0.3 is 12.0 Å². The number of rotatable bonds is 6. The van der Waals surface area contributed by atoms with Gasteiger partial charge in [-0.1, -0.05) is 5.92 Å². The molecule has 0 aliphatic rings. The van der Waals surface area contributed by atoms with E-state index >= 15 is 0 Å². The van der Waals surface area contributed by atoms with Crippen LogP contribution in [0, 0.1) is 12.3 Å². The molecular weight excluding hydrogens is 238 g/mol. The quantitative estimate of drug-likeness (QED) is 0.474. The first-order valence-corrected chi connectivity index (χ1v) is 5.25. The summed E-state index contributed by atoms with van der Waals surface area (Å²) in [5.74, 6) is 0.454. The number of carboxylic acid groups (broad SMARTS) is 1. The van der Waals surface area contributed by atoms with Crippen molar-refractivity contribution in [3.05, 3.63) is 0 Å². The molecule has 0 radical (unpaired) electrons. The molecule has 3 amide bonds. The highest BCUT2D eigenvalue weighted by Crippen LogP contribution is 2.01. The number of terminal acetylenes is 1. The molecule has 1 unspecified atom stereocenters. The summed E-state index contributed by atoms with van der Waals surface area (Å²) in [5, 5.41) is 13.5. The maximum Gasteiger partial charge on any atom is 0.326 e. The fraction of sp³-hybridized carbons (Fsp3) is 0.545. The zero-order valence-corrected chi connectivity index (χ0v) is 10.3. The van der Waals surface area contributed by atoms with Gasteiger partial charge in [-0.3, -0.25) is 4.79 Å². The van der Waals surface area contributed by atoms with E-state index in [9.17, 15) is 14.4 Å². The van der Waals surface area contributed by atoms with Crippen LogP contribution in [0.1, 0.15) is 26.7 Å². The highest BCUT2D eigenvalue weighted by molar-refractivity contribution is 5.83. The van der Waals surface area contributed by atoms with Gasteiger partial charge in [0.1, 0.15) is 6.04 Å². The second-order valence-corrected chi connectivity index (χ2v) is 4.26. The standard InChI is InChI=1S/C11H17N3O4/c1-4-11(2,3)14-10(18)13-7(9(16)17)5-6-8(12)15/h1,7H,5-6H2,2-3H3,(H2,12,15)(H,16,17)(H2,13,14,18). The fourth-order valence-electron chi connectivity index (χ4n) is 1.06. The zero-order valence-electron chi connectivity index (χ0n) is 10.3. The maximum atomic E-state index is 11.5. The lowest BCUT2D eigenvalue weighted by atomic mass is 10.1. The molecule has 1 atom stereocenters. The SMILES string of the molecule is C#CC(C)(C)NC(=O)NC(CCC(N)=O)C(=O)O. The van der Waals surface area contributed by atoms with Crippen molar-refractivity contribution in [2.24, 2.45) is 5.73 Å². The highest BCUT2D eigenvalue weighted by Gasteiger charge is 2.23. The molecule has 0 saturated carbocycles. The van der Waals surface area contributed by atoms with Crippen molar-refractivity contribution < 1.29 is 19.5 Å². The van der Waals surface area contributed by atoms with Crippen molar-refractivity contribution in [3.63, 3.8) is 0 Å². The number of primary amides is 1. The third kappa shape index (κ3) is 6.37. The van der Waals surface area contributed by atoms with Crippen LogP contribution in [0.2, 0.25) is 0 Å². The van der Waals surface area contributed by atoms with E-state index in [1.165, 1.54) is 0 Å². The van der Waals surface area contributed by atoms with Crippen molar-refractivity contribution in [2.75, 3.05) is 0 Å². The van der Waals surface area contributed by atoms with E-state index in [0.29, 0.717) is 0 Å². The molecule has 0 rings (SSSR count). The minimum Gasteiger partial charge on any atom is -0.480 e. The van der Waals surface area contributed by atoms with Crippen LogP contribution in [0.4, 0.5) is 4.79 Å². The molecule has 0 aliphatic heterocycles. The van der Waals surface area contributed by atoms with Crippen LogP contribution >= 0.6 is 0 Å². The van der Waals surface area contributed by atoms with Gasteiger partial charge < -0.3 is 21.5 Å². The van der Waals surface area contributed by atoms with Gasteiger partial charge in [-0.2, -0.15) is 0 Å². The van der Waals surface area contributed by atoms with E-state index in [0.717, 1.165) is 0 Å². The van der Waals surface area contributed by atoms with Crippen LogP contribution in [0.15, 0.2) is 0 Å². The normalized spacial score (nSPS) is 12.1. The molecule has 0 fully saturated rings. The summed E-state index contributed by atoms with van der Waals surface area (Å²) in [7, 11) is 0. The predicted molar refractivity (Wildman–Crippen MR) is 64.4 cm³/mol. The van der Waals surface area contributed by atoms with Crippen molar-refractivity contribution in [3.8, 4) is 12.3 Å². The van der Waals surface area contributed by atoms with E-state index in [4.69, 9.17) is 17.3 Å². The van der Waals surface area contributed by atoms with Crippen molar-refractivity contribution in [1.29, 1.82) is 0 Å². The van der Waals surface area contributed by atoms with Crippen molar-refractivity contribution >= 4 is 17.9 Å². The third-order valence-electron chi connectivity index (χ3n) is 2.07. The number of hydrogen-bond donors (Lipinski definition) is 4. The molecule has 0 aromatic carbocycles. The Kier molecular flexibility index (Phi) is 5.69. The molecule has 0 saturated heterocycles. The average Bonchev–Trinajstić information content (AvgIpc) is 2.22. The molecule has 18 heavy (non-hydrogen) atoms. The summed E-state index contributed by atoms with van der Waals surface area (Å²) >= 11 is 0. The first-order valence-electron chi connectivity index (χ1n) is 5.25. The molecule has 0 aromatic rings. The predicted octanol–water partition coefficient (Wildman–Crippen LogP) is -0.584. The number of nitrogens with two attached hydrogens (primary N) is 1.